The Morgan fingerprint density at radius 3 is 2.30 bits per heavy atom. The van der Waals surface area contributed by atoms with Crippen LogP contribution >= 0.6 is 0 Å². The molecule has 2 aliphatic rings. The van der Waals surface area contributed by atoms with Crippen LogP contribution in [0.5, 0.6) is 5.75 Å². The van der Waals surface area contributed by atoms with Gasteiger partial charge in [0.15, 0.2) is 17.4 Å². The molecule has 0 aromatic heterocycles. The van der Waals surface area contributed by atoms with Gasteiger partial charge in [-0.2, -0.15) is 0 Å². The van der Waals surface area contributed by atoms with Crippen molar-refractivity contribution in [1.82, 2.24) is 0 Å². The van der Waals surface area contributed by atoms with Crippen molar-refractivity contribution in [2.45, 2.75) is 71.1 Å². The Morgan fingerprint density at radius 1 is 0.838 bits per heavy atom. The highest BCUT2D eigenvalue weighted by atomic mass is 19.1. The van der Waals surface area contributed by atoms with Crippen molar-refractivity contribution in [3.63, 3.8) is 0 Å². The highest BCUT2D eigenvalue weighted by Gasteiger charge is 2.35. The molecule has 2 aromatic rings. The Hall–Kier alpha value is -2.93. The zero-order valence-corrected chi connectivity index (χ0v) is 21.9. The van der Waals surface area contributed by atoms with Gasteiger partial charge in [-0.25, -0.2) is 13.2 Å². The highest BCUT2D eigenvalue weighted by Crippen LogP contribution is 2.48. The average molecular weight is 507 g/mol. The molecule has 0 heterocycles. The first-order chi connectivity index (χ1) is 18.0. The molecule has 4 atom stereocenters. The second kappa shape index (κ2) is 13.0. The third-order valence-electron chi connectivity index (χ3n) is 8.06. The Balaban J connectivity index is 1.38. The fourth-order valence-corrected chi connectivity index (χ4v) is 6.07. The molecule has 196 valence electrons. The van der Waals surface area contributed by atoms with Crippen molar-refractivity contribution < 1.29 is 17.9 Å². The third kappa shape index (κ3) is 7.10. The van der Waals surface area contributed by atoms with Crippen LogP contribution in [0, 0.1) is 47.0 Å². The molecule has 0 amide bonds. The van der Waals surface area contributed by atoms with E-state index < -0.39 is 17.4 Å². The molecule has 2 aromatic carbocycles. The quantitative estimate of drug-likeness (QED) is 0.269. The van der Waals surface area contributed by atoms with E-state index in [4.69, 9.17) is 4.74 Å². The maximum atomic E-state index is 15.0. The van der Waals surface area contributed by atoms with E-state index in [2.05, 4.69) is 30.9 Å². The standard InChI is InChI=1S/C33H37F3O/c1-3-5-7-8-23-9-12-27-21-28(16-15-26(27)18-23)29-14-13-25(30(34)22-29)11-10-24-19-31(35)33(32(36)20-24)37-17-6-4-2/h3-6,13-14,19-20,22-23,26-28H,7-9,12,15-18,21H2,1-2H3/b5-3+,6-4+. The summed E-state index contributed by atoms with van der Waals surface area (Å²) < 4.78 is 48.6. The molecule has 2 aliphatic carbocycles. The van der Waals surface area contributed by atoms with Gasteiger partial charge >= 0.3 is 0 Å². The lowest BCUT2D eigenvalue weighted by Gasteiger charge is -2.42. The van der Waals surface area contributed by atoms with Gasteiger partial charge in [0.2, 0.25) is 0 Å². The van der Waals surface area contributed by atoms with Gasteiger partial charge in [0, 0.05) is 5.56 Å². The second-order valence-electron chi connectivity index (χ2n) is 10.5. The Morgan fingerprint density at radius 2 is 1.57 bits per heavy atom. The van der Waals surface area contributed by atoms with E-state index in [1.54, 1.807) is 31.2 Å². The molecule has 4 unspecified atom stereocenters. The fraction of sp³-hybridized carbons (Fsp3) is 0.455. The maximum Gasteiger partial charge on any atom is 0.191 e. The van der Waals surface area contributed by atoms with Gasteiger partial charge in [-0.3, -0.25) is 0 Å². The normalized spacial score (nSPS) is 23.6. The van der Waals surface area contributed by atoms with Crippen molar-refractivity contribution in [3.8, 4) is 17.6 Å². The summed E-state index contributed by atoms with van der Waals surface area (Å²) in [4.78, 5) is 0. The maximum absolute atomic E-state index is 15.0. The number of allylic oxidation sites excluding steroid dienone is 3. The SMILES string of the molecule is C/C=C/CCC1CCC2CC(c3ccc(C#Cc4cc(F)c(OC/C=C/C)c(F)c4)c(F)c3)CCC2C1. The Bertz CT molecular complexity index is 1160. The van der Waals surface area contributed by atoms with E-state index in [9.17, 15) is 13.2 Å². The van der Waals surface area contributed by atoms with Crippen LogP contribution in [0.4, 0.5) is 13.2 Å². The highest BCUT2D eigenvalue weighted by molar-refractivity contribution is 5.46. The summed E-state index contributed by atoms with van der Waals surface area (Å²) in [6.07, 6.45) is 17.7. The van der Waals surface area contributed by atoms with Gasteiger partial charge in [-0.05, 0) is 112 Å². The predicted octanol–water partition coefficient (Wildman–Crippen LogP) is 9.11. The van der Waals surface area contributed by atoms with Gasteiger partial charge in [0.1, 0.15) is 12.4 Å². The van der Waals surface area contributed by atoms with Crippen molar-refractivity contribution in [1.29, 1.82) is 0 Å². The van der Waals surface area contributed by atoms with Crippen LogP contribution in [0.2, 0.25) is 0 Å². The molecule has 0 N–H and O–H groups in total. The second-order valence-corrected chi connectivity index (χ2v) is 10.5. The molecule has 0 bridgehead atoms. The first-order valence-corrected chi connectivity index (χ1v) is 13.6. The number of fused-ring (bicyclic) bond motifs is 1. The Labute approximate surface area is 219 Å². The average Bonchev–Trinajstić information content (AvgIpc) is 2.89. The summed E-state index contributed by atoms with van der Waals surface area (Å²) in [7, 11) is 0. The minimum atomic E-state index is -0.827. The first kappa shape index (κ1) is 27.1. The molecule has 4 heteroatoms. The van der Waals surface area contributed by atoms with Crippen LogP contribution in [0.15, 0.2) is 54.6 Å². The lowest BCUT2D eigenvalue weighted by Crippen LogP contribution is -2.30. The van der Waals surface area contributed by atoms with Crippen LogP contribution in [-0.2, 0) is 0 Å². The van der Waals surface area contributed by atoms with Crippen LogP contribution in [0.3, 0.4) is 0 Å². The molecule has 37 heavy (non-hydrogen) atoms. The molecular formula is C33H37F3O. The van der Waals surface area contributed by atoms with Crippen LogP contribution in [-0.4, -0.2) is 6.61 Å². The summed E-state index contributed by atoms with van der Waals surface area (Å²) in [6.45, 7) is 3.96. The van der Waals surface area contributed by atoms with Crippen LogP contribution < -0.4 is 4.74 Å². The molecular weight excluding hydrogens is 469 g/mol. The molecule has 1 nitrogen and oxygen atoms in total. The largest absolute Gasteiger partial charge is 0.483 e. The number of benzene rings is 2. The molecule has 4 rings (SSSR count). The van der Waals surface area contributed by atoms with Crippen molar-refractivity contribution in [2.75, 3.05) is 6.61 Å². The van der Waals surface area contributed by atoms with Gasteiger partial charge in [-0.15, -0.1) is 0 Å². The summed E-state index contributed by atoms with van der Waals surface area (Å²) in [5, 5.41) is 0. The summed E-state index contributed by atoms with van der Waals surface area (Å²) >= 11 is 0. The summed E-state index contributed by atoms with van der Waals surface area (Å²) in [5.74, 6) is 5.76. The van der Waals surface area contributed by atoms with Crippen LogP contribution in [0.25, 0.3) is 0 Å². The predicted molar refractivity (Wildman–Crippen MR) is 144 cm³/mol. The lowest BCUT2D eigenvalue weighted by molar-refractivity contribution is 0.115. The topological polar surface area (TPSA) is 9.23 Å². The molecule has 0 spiro atoms. The molecule has 0 saturated heterocycles. The van der Waals surface area contributed by atoms with Crippen LogP contribution in [0.1, 0.15) is 87.8 Å². The minimum absolute atomic E-state index is 0.0761. The molecule has 2 saturated carbocycles. The number of hydrogen-bond acceptors (Lipinski definition) is 1. The minimum Gasteiger partial charge on any atom is -0.483 e. The van der Waals surface area contributed by atoms with E-state index in [0.717, 1.165) is 48.3 Å². The first-order valence-electron chi connectivity index (χ1n) is 13.6. The Kier molecular flexibility index (Phi) is 9.56. The zero-order valence-electron chi connectivity index (χ0n) is 21.9. The van der Waals surface area contributed by atoms with Gasteiger partial charge in [-0.1, -0.05) is 48.6 Å². The smallest absolute Gasteiger partial charge is 0.191 e. The third-order valence-corrected chi connectivity index (χ3v) is 8.06. The molecule has 0 radical (unpaired) electrons. The number of rotatable bonds is 7. The molecule has 0 aliphatic heterocycles. The van der Waals surface area contributed by atoms with Crippen molar-refractivity contribution in [2.24, 2.45) is 17.8 Å². The van der Waals surface area contributed by atoms with Gasteiger partial charge in [0.05, 0.1) is 5.56 Å². The van der Waals surface area contributed by atoms with Gasteiger partial charge in [0.25, 0.3) is 0 Å². The molecule has 2 fully saturated rings. The number of ether oxygens (including phenoxy) is 1. The van der Waals surface area contributed by atoms with E-state index >= 15 is 0 Å². The van der Waals surface area contributed by atoms with E-state index in [1.807, 2.05) is 6.07 Å². The summed E-state index contributed by atoms with van der Waals surface area (Å²) in [6, 6.07) is 7.50. The van der Waals surface area contributed by atoms with Gasteiger partial charge < -0.3 is 4.74 Å². The number of halogens is 3. The summed E-state index contributed by atoms with van der Waals surface area (Å²) in [5.41, 5.74) is 1.40. The monoisotopic (exact) mass is 506 g/mol. The number of hydrogen-bond donors (Lipinski definition) is 0. The van der Waals surface area contributed by atoms with Crippen molar-refractivity contribution in [3.05, 3.63) is 88.8 Å². The zero-order chi connectivity index (χ0) is 26.2. The van der Waals surface area contributed by atoms with E-state index in [0.29, 0.717) is 5.92 Å². The van der Waals surface area contributed by atoms with Crippen molar-refractivity contribution >= 4 is 0 Å². The fourth-order valence-electron chi connectivity index (χ4n) is 6.07. The van der Waals surface area contributed by atoms with E-state index in [1.165, 1.54) is 38.5 Å². The van der Waals surface area contributed by atoms with E-state index in [-0.39, 0.29) is 23.6 Å². The lowest BCUT2D eigenvalue weighted by atomic mass is 9.63.